The molecule has 1 aromatic heterocycles. The summed E-state index contributed by atoms with van der Waals surface area (Å²) in [5.74, 6) is 2.67. The van der Waals surface area contributed by atoms with E-state index in [1.165, 1.54) is 12.8 Å². The summed E-state index contributed by atoms with van der Waals surface area (Å²) in [5, 5.41) is 10.3. The lowest BCUT2D eigenvalue weighted by molar-refractivity contribution is 0.00682. The van der Waals surface area contributed by atoms with E-state index in [1.807, 2.05) is 49.4 Å². The Kier molecular flexibility index (Phi) is 6.07. The summed E-state index contributed by atoms with van der Waals surface area (Å²) in [5.41, 5.74) is 1.13. The Morgan fingerprint density at radius 2 is 2.00 bits per heavy atom. The second kappa shape index (κ2) is 8.47. The minimum atomic E-state index is -0.483. The van der Waals surface area contributed by atoms with E-state index in [0.29, 0.717) is 19.8 Å². The van der Waals surface area contributed by atoms with Gasteiger partial charge >= 0.3 is 0 Å². The van der Waals surface area contributed by atoms with Gasteiger partial charge < -0.3 is 14.3 Å². The van der Waals surface area contributed by atoms with Crippen molar-refractivity contribution in [3.05, 3.63) is 59.5 Å². The molecular formula is C20H27NO3. The molecule has 4 heteroatoms. The van der Waals surface area contributed by atoms with Crippen LogP contribution in [0.15, 0.2) is 46.9 Å². The Hall–Kier alpha value is -1.62. The first-order chi connectivity index (χ1) is 11.7. The molecule has 2 aromatic rings. The van der Waals surface area contributed by atoms with Gasteiger partial charge in [0.25, 0.3) is 0 Å². The van der Waals surface area contributed by atoms with Crippen molar-refractivity contribution in [2.75, 3.05) is 19.7 Å². The third-order valence-corrected chi connectivity index (χ3v) is 4.28. The van der Waals surface area contributed by atoms with Crippen LogP contribution in [0.25, 0.3) is 0 Å². The summed E-state index contributed by atoms with van der Waals surface area (Å²) in [6.45, 7) is 5.24. The number of benzene rings is 1. The Labute approximate surface area is 144 Å². The fraction of sp³-hybridized carbons (Fsp3) is 0.500. The van der Waals surface area contributed by atoms with Crippen LogP contribution in [0.1, 0.15) is 29.9 Å². The van der Waals surface area contributed by atoms with Crippen molar-refractivity contribution in [2.45, 2.75) is 39.0 Å². The molecule has 24 heavy (non-hydrogen) atoms. The van der Waals surface area contributed by atoms with E-state index in [1.54, 1.807) is 0 Å². The van der Waals surface area contributed by atoms with Crippen molar-refractivity contribution in [3.63, 3.8) is 0 Å². The van der Waals surface area contributed by atoms with Crippen molar-refractivity contribution in [2.24, 2.45) is 5.92 Å². The van der Waals surface area contributed by atoms with Crippen LogP contribution in [0.3, 0.4) is 0 Å². The fourth-order valence-corrected chi connectivity index (χ4v) is 2.90. The third kappa shape index (κ3) is 5.78. The number of furan rings is 1. The molecule has 3 rings (SSSR count). The molecule has 1 heterocycles. The van der Waals surface area contributed by atoms with Crippen LogP contribution < -0.4 is 0 Å². The Morgan fingerprint density at radius 1 is 1.21 bits per heavy atom. The van der Waals surface area contributed by atoms with Crippen molar-refractivity contribution in [3.8, 4) is 0 Å². The molecular weight excluding hydrogens is 302 g/mol. The Morgan fingerprint density at radius 3 is 2.67 bits per heavy atom. The first-order valence-corrected chi connectivity index (χ1v) is 8.76. The van der Waals surface area contributed by atoms with Crippen LogP contribution in [0.5, 0.6) is 0 Å². The van der Waals surface area contributed by atoms with Gasteiger partial charge in [-0.25, -0.2) is 0 Å². The molecule has 4 nitrogen and oxygen atoms in total. The second-order valence-electron chi connectivity index (χ2n) is 6.80. The fourth-order valence-electron chi connectivity index (χ4n) is 2.90. The largest absolute Gasteiger partial charge is 0.465 e. The highest BCUT2D eigenvalue weighted by Gasteiger charge is 2.26. The average molecular weight is 329 g/mol. The molecule has 0 radical (unpaired) electrons. The molecule has 1 aliphatic carbocycles. The van der Waals surface area contributed by atoms with Gasteiger partial charge in [0.2, 0.25) is 0 Å². The van der Waals surface area contributed by atoms with Crippen LogP contribution in [0, 0.1) is 12.8 Å². The molecule has 0 aliphatic heterocycles. The lowest BCUT2D eigenvalue weighted by Crippen LogP contribution is -2.35. The van der Waals surface area contributed by atoms with Crippen LogP contribution >= 0.6 is 0 Å². The molecule has 130 valence electrons. The number of nitrogens with zero attached hydrogens (tertiary/aromatic N) is 1. The summed E-state index contributed by atoms with van der Waals surface area (Å²) < 4.78 is 11.3. The highest BCUT2D eigenvalue weighted by atomic mass is 16.5. The highest BCUT2D eigenvalue weighted by Crippen LogP contribution is 2.30. The predicted molar refractivity (Wildman–Crippen MR) is 93.6 cm³/mol. The maximum Gasteiger partial charge on any atom is 0.118 e. The van der Waals surface area contributed by atoms with Crippen LogP contribution in [-0.2, 0) is 17.9 Å². The minimum Gasteiger partial charge on any atom is -0.465 e. The lowest BCUT2D eigenvalue weighted by Gasteiger charge is -2.24. The molecule has 1 atom stereocenters. The molecule has 0 bridgehead atoms. The van der Waals surface area contributed by atoms with E-state index in [-0.39, 0.29) is 0 Å². The molecule has 0 amide bonds. The van der Waals surface area contributed by atoms with Gasteiger partial charge in [0.1, 0.15) is 11.5 Å². The maximum atomic E-state index is 10.3. The molecule has 1 aliphatic rings. The van der Waals surface area contributed by atoms with Crippen LogP contribution in [0.4, 0.5) is 0 Å². The molecule has 1 fully saturated rings. The van der Waals surface area contributed by atoms with Gasteiger partial charge in [-0.15, -0.1) is 0 Å². The quantitative estimate of drug-likeness (QED) is 0.726. The molecule has 1 N–H and O–H groups in total. The molecule has 0 spiro atoms. The van der Waals surface area contributed by atoms with E-state index >= 15 is 0 Å². The predicted octanol–water partition coefficient (Wildman–Crippen LogP) is 3.38. The van der Waals surface area contributed by atoms with Crippen LogP contribution in [-0.4, -0.2) is 35.8 Å². The van der Waals surface area contributed by atoms with Gasteiger partial charge in [0, 0.05) is 13.1 Å². The van der Waals surface area contributed by atoms with Crippen molar-refractivity contribution < 1.29 is 14.3 Å². The van der Waals surface area contributed by atoms with Gasteiger partial charge in [-0.2, -0.15) is 0 Å². The standard InChI is InChI=1S/C20H27NO3/c1-16-7-10-20(24-16)13-21(11-17-8-9-17)12-19(22)15-23-14-18-5-3-2-4-6-18/h2-7,10,17,19,22H,8-9,11-15H2,1H3. The number of hydrogen-bond donors (Lipinski definition) is 1. The van der Waals surface area contributed by atoms with E-state index in [4.69, 9.17) is 9.15 Å². The number of aryl methyl sites for hydroxylation is 1. The monoisotopic (exact) mass is 329 g/mol. The van der Waals surface area contributed by atoms with Gasteiger partial charge in [-0.1, -0.05) is 30.3 Å². The van der Waals surface area contributed by atoms with Crippen LogP contribution in [0.2, 0.25) is 0 Å². The van der Waals surface area contributed by atoms with E-state index < -0.39 is 6.10 Å². The van der Waals surface area contributed by atoms with Gasteiger partial charge in [-0.3, -0.25) is 4.90 Å². The van der Waals surface area contributed by atoms with Crippen molar-refractivity contribution in [1.82, 2.24) is 4.90 Å². The summed E-state index contributed by atoms with van der Waals surface area (Å²) in [7, 11) is 0. The summed E-state index contributed by atoms with van der Waals surface area (Å²) in [4.78, 5) is 2.28. The smallest absolute Gasteiger partial charge is 0.118 e. The van der Waals surface area contributed by atoms with Gasteiger partial charge in [0.05, 0.1) is 25.9 Å². The highest BCUT2D eigenvalue weighted by molar-refractivity contribution is 5.13. The zero-order chi connectivity index (χ0) is 16.8. The number of ether oxygens (including phenoxy) is 1. The van der Waals surface area contributed by atoms with Crippen molar-refractivity contribution >= 4 is 0 Å². The molecule has 0 saturated heterocycles. The molecule has 1 unspecified atom stereocenters. The molecule has 1 aromatic carbocycles. The maximum absolute atomic E-state index is 10.3. The normalized spacial score (nSPS) is 15.8. The van der Waals surface area contributed by atoms with E-state index in [9.17, 15) is 5.11 Å². The van der Waals surface area contributed by atoms with Gasteiger partial charge in [0.15, 0.2) is 0 Å². The van der Waals surface area contributed by atoms with Gasteiger partial charge in [-0.05, 0) is 43.4 Å². The Balaban J connectivity index is 1.44. The number of aliphatic hydroxyl groups is 1. The second-order valence-corrected chi connectivity index (χ2v) is 6.80. The van der Waals surface area contributed by atoms with Crippen molar-refractivity contribution in [1.29, 1.82) is 0 Å². The first kappa shape index (κ1) is 17.2. The lowest BCUT2D eigenvalue weighted by atomic mass is 10.2. The zero-order valence-corrected chi connectivity index (χ0v) is 14.4. The Bertz CT molecular complexity index is 606. The SMILES string of the molecule is Cc1ccc(CN(CC(O)COCc2ccccc2)CC2CC2)o1. The summed E-state index contributed by atoms with van der Waals surface area (Å²) >= 11 is 0. The van der Waals surface area contributed by atoms with E-state index in [0.717, 1.165) is 36.1 Å². The summed E-state index contributed by atoms with van der Waals surface area (Å²) in [6, 6.07) is 14.1. The summed E-state index contributed by atoms with van der Waals surface area (Å²) in [6.07, 6.45) is 2.12. The minimum absolute atomic E-state index is 0.354. The number of aliphatic hydroxyl groups excluding tert-OH is 1. The third-order valence-electron chi connectivity index (χ3n) is 4.28. The first-order valence-electron chi connectivity index (χ1n) is 8.76. The topological polar surface area (TPSA) is 45.8 Å². The number of hydrogen-bond acceptors (Lipinski definition) is 4. The molecule has 1 saturated carbocycles. The number of rotatable bonds is 10. The van der Waals surface area contributed by atoms with E-state index in [2.05, 4.69) is 4.90 Å². The zero-order valence-electron chi connectivity index (χ0n) is 14.4. The average Bonchev–Trinajstić information content (AvgIpc) is 3.28.